The second-order valence-corrected chi connectivity index (χ2v) is 5.73. The highest BCUT2D eigenvalue weighted by molar-refractivity contribution is 5.77. The normalized spacial score (nSPS) is 21.0. The predicted molar refractivity (Wildman–Crippen MR) is 82.9 cm³/mol. The van der Waals surface area contributed by atoms with Crippen molar-refractivity contribution in [2.24, 2.45) is 10.7 Å². The smallest absolute Gasteiger partial charge is 0.422 e. The molecule has 1 unspecified atom stereocenters. The number of fused-ring (bicyclic) bond motifs is 4. The zero-order valence-electron chi connectivity index (χ0n) is 12.8. The van der Waals surface area contributed by atoms with Crippen molar-refractivity contribution in [1.82, 2.24) is 0 Å². The first kappa shape index (κ1) is 15.6. The van der Waals surface area contributed by atoms with Crippen LogP contribution in [0.25, 0.3) is 0 Å². The van der Waals surface area contributed by atoms with Crippen LogP contribution in [0.5, 0.6) is 17.2 Å². The van der Waals surface area contributed by atoms with Gasteiger partial charge in [0.1, 0.15) is 23.9 Å². The molecule has 0 bridgehead atoms. The van der Waals surface area contributed by atoms with Crippen LogP contribution in [0.15, 0.2) is 47.5 Å². The Bertz CT molecular complexity index is 866. The lowest BCUT2D eigenvalue weighted by molar-refractivity contribution is -0.153. The van der Waals surface area contributed by atoms with Crippen molar-refractivity contribution in [3.8, 4) is 17.2 Å². The van der Waals surface area contributed by atoms with Gasteiger partial charge >= 0.3 is 6.18 Å². The summed E-state index contributed by atoms with van der Waals surface area (Å²) in [6, 6.07) is 11.8. The van der Waals surface area contributed by atoms with Crippen molar-refractivity contribution in [3.05, 3.63) is 53.6 Å². The van der Waals surface area contributed by atoms with Crippen molar-refractivity contribution >= 4 is 6.02 Å². The van der Waals surface area contributed by atoms with Gasteiger partial charge in [-0.15, -0.1) is 0 Å². The van der Waals surface area contributed by atoms with E-state index in [0.717, 1.165) is 0 Å². The number of benzene rings is 2. The zero-order valence-corrected chi connectivity index (χ0v) is 12.8. The number of hydrogen-bond acceptors (Lipinski definition) is 5. The summed E-state index contributed by atoms with van der Waals surface area (Å²) in [6.07, 6.45) is -4.46. The van der Waals surface area contributed by atoms with Gasteiger partial charge in [-0.3, -0.25) is 0 Å². The SMILES string of the molecule is NC1=NC2(CO1)c1ccccc1Oc1cccc(OCC(F)(F)F)c12. The summed E-state index contributed by atoms with van der Waals surface area (Å²) in [5.41, 5.74) is 5.65. The van der Waals surface area contributed by atoms with Crippen LogP contribution in [0, 0.1) is 0 Å². The maximum absolute atomic E-state index is 12.6. The fourth-order valence-electron chi connectivity index (χ4n) is 3.13. The molecule has 25 heavy (non-hydrogen) atoms. The Morgan fingerprint density at radius 1 is 1.12 bits per heavy atom. The molecule has 2 aliphatic heterocycles. The number of amidine groups is 1. The van der Waals surface area contributed by atoms with Gasteiger partial charge in [-0.1, -0.05) is 24.3 Å². The molecule has 4 rings (SSSR count). The van der Waals surface area contributed by atoms with E-state index in [1.807, 2.05) is 0 Å². The summed E-state index contributed by atoms with van der Waals surface area (Å²) in [5.74, 6) is 0.942. The Labute approximate surface area is 140 Å². The lowest BCUT2D eigenvalue weighted by Gasteiger charge is -2.34. The molecule has 0 radical (unpaired) electrons. The summed E-state index contributed by atoms with van der Waals surface area (Å²) >= 11 is 0. The molecule has 0 aliphatic carbocycles. The first-order valence-corrected chi connectivity index (χ1v) is 7.48. The van der Waals surface area contributed by atoms with E-state index in [1.165, 1.54) is 6.07 Å². The van der Waals surface area contributed by atoms with Crippen molar-refractivity contribution in [3.63, 3.8) is 0 Å². The van der Waals surface area contributed by atoms with E-state index in [0.29, 0.717) is 22.6 Å². The van der Waals surface area contributed by atoms with Gasteiger partial charge in [-0.2, -0.15) is 13.2 Å². The number of nitrogens with two attached hydrogens (primary N) is 1. The second-order valence-electron chi connectivity index (χ2n) is 5.73. The van der Waals surface area contributed by atoms with E-state index in [-0.39, 0.29) is 18.4 Å². The van der Waals surface area contributed by atoms with Crippen molar-refractivity contribution in [2.45, 2.75) is 11.7 Å². The fourth-order valence-corrected chi connectivity index (χ4v) is 3.13. The molecule has 2 aliphatic rings. The fraction of sp³-hybridized carbons (Fsp3) is 0.235. The molecular formula is C17H13F3N2O3. The minimum absolute atomic E-state index is 0.0337. The summed E-state index contributed by atoms with van der Waals surface area (Å²) in [6.45, 7) is -1.36. The largest absolute Gasteiger partial charge is 0.484 e. The van der Waals surface area contributed by atoms with Gasteiger partial charge < -0.3 is 19.9 Å². The van der Waals surface area contributed by atoms with Gasteiger partial charge in [0.15, 0.2) is 12.1 Å². The third-order valence-corrected chi connectivity index (χ3v) is 4.08. The van der Waals surface area contributed by atoms with Gasteiger partial charge in [0.25, 0.3) is 6.02 Å². The van der Waals surface area contributed by atoms with Crippen LogP contribution in [0.1, 0.15) is 11.1 Å². The Balaban J connectivity index is 1.89. The Hall–Kier alpha value is -2.90. The Morgan fingerprint density at radius 2 is 1.88 bits per heavy atom. The molecule has 1 atom stereocenters. The lowest BCUT2D eigenvalue weighted by Crippen LogP contribution is -2.32. The van der Waals surface area contributed by atoms with Crippen LogP contribution in [-0.4, -0.2) is 25.4 Å². The molecule has 0 saturated heterocycles. The monoisotopic (exact) mass is 350 g/mol. The van der Waals surface area contributed by atoms with E-state index in [4.69, 9.17) is 19.9 Å². The molecule has 130 valence electrons. The van der Waals surface area contributed by atoms with E-state index in [9.17, 15) is 13.2 Å². The number of ether oxygens (including phenoxy) is 3. The predicted octanol–water partition coefficient (Wildman–Crippen LogP) is 3.32. The molecule has 0 saturated carbocycles. The number of hydrogen-bond donors (Lipinski definition) is 1. The molecule has 0 fully saturated rings. The second kappa shape index (κ2) is 5.30. The summed E-state index contributed by atoms with van der Waals surface area (Å²) in [4.78, 5) is 4.40. The van der Waals surface area contributed by atoms with E-state index < -0.39 is 18.3 Å². The molecule has 2 aromatic carbocycles. The lowest BCUT2D eigenvalue weighted by atomic mass is 9.81. The molecule has 1 spiro atoms. The van der Waals surface area contributed by atoms with Gasteiger partial charge in [-0.25, -0.2) is 4.99 Å². The van der Waals surface area contributed by atoms with Gasteiger partial charge in [0.05, 0.1) is 5.56 Å². The molecule has 8 heteroatoms. The van der Waals surface area contributed by atoms with Crippen LogP contribution < -0.4 is 15.2 Å². The first-order valence-electron chi connectivity index (χ1n) is 7.48. The molecular weight excluding hydrogens is 337 g/mol. The van der Waals surface area contributed by atoms with Crippen LogP contribution in [0.4, 0.5) is 13.2 Å². The third kappa shape index (κ3) is 2.54. The van der Waals surface area contributed by atoms with Crippen molar-refractivity contribution < 1.29 is 27.4 Å². The van der Waals surface area contributed by atoms with E-state index in [1.54, 1.807) is 36.4 Å². The van der Waals surface area contributed by atoms with Crippen molar-refractivity contribution in [2.75, 3.05) is 13.2 Å². The topological polar surface area (TPSA) is 66.1 Å². The minimum Gasteiger partial charge on any atom is -0.484 e. The highest BCUT2D eigenvalue weighted by atomic mass is 19.4. The van der Waals surface area contributed by atoms with Crippen LogP contribution in [0.3, 0.4) is 0 Å². The molecule has 2 aromatic rings. The van der Waals surface area contributed by atoms with Gasteiger partial charge in [0, 0.05) is 5.56 Å². The summed E-state index contributed by atoms with van der Waals surface area (Å²) in [5, 5.41) is 0. The minimum atomic E-state index is -4.46. The highest BCUT2D eigenvalue weighted by Gasteiger charge is 2.49. The number of halogens is 3. The summed E-state index contributed by atoms with van der Waals surface area (Å²) < 4.78 is 54.1. The molecule has 2 N–H and O–H groups in total. The number of para-hydroxylation sites is 1. The Kier molecular flexibility index (Phi) is 3.31. The van der Waals surface area contributed by atoms with Gasteiger partial charge in [0.2, 0.25) is 0 Å². The van der Waals surface area contributed by atoms with Crippen LogP contribution in [0.2, 0.25) is 0 Å². The van der Waals surface area contributed by atoms with Crippen molar-refractivity contribution in [1.29, 1.82) is 0 Å². The number of nitrogens with zero attached hydrogens (tertiary/aromatic N) is 1. The highest BCUT2D eigenvalue weighted by Crippen LogP contribution is 2.53. The van der Waals surface area contributed by atoms with E-state index >= 15 is 0 Å². The number of rotatable bonds is 2. The standard InChI is InChI=1S/C17H13F3N2O3/c18-17(19,20)9-23-12-6-3-7-13-14(12)16(8-24-15(21)22-16)10-4-1-2-5-11(10)25-13/h1-7H,8-9H2,(H2,21,22). The van der Waals surface area contributed by atoms with Crippen LogP contribution in [-0.2, 0) is 10.3 Å². The van der Waals surface area contributed by atoms with E-state index in [2.05, 4.69) is 4.99 Å². The maximum atomic E-state index is 12.6. The molecule has 5 nitrogen and oxygen atoms in total. The maximum Gasteiger partial charge on any atom is 0.422 e. The molecule has 2 heterocycles. The zero-order chi connectivity index (χ0) is 17.7. The average molecular weight is 350 g/mol. The first-order chi connectivity index (χ1) is 11.9. The number of aliphatic imine (C=N–C) groups is 1. The van der Waals surface area contributed by atoms with Gasteiger partial charge in [-0.05, 0) is 18.2 Å². The molecule has 0 aromatic heterocycles. The number of alkyl halides is 3. The average Bonchev–Trinajstić information content (AvgIpc) is 2.95. The molecule has 0 amide bonds. The Morgan fingerprint density at radius 3 is 2.60 bits per heavy atom. The van der Waals surface area contributed by atoms with Crippen LogP contribution >= 0.6 is 0 Å². The third-order valence-electron chi connectivity index (χ3n) is 4.08. The summed E-state index contributed by atoms with van der Waals surface area (Å²) in [7, 11) is 0. The quantitative estimate of drug-likeness (QED) is 0.902.